The van der Waals surface area contributed by atoms with Crippen molar-refractivity contribution in [1.82, 2.24) is 4.90 Å². The Labute approximate surface area is 143 Å². The summed E-state index contributed by atoms with van der Waals surface area (Å²) in [4.78, 5) is 7.00. The lowest BCUT2D eigenvalue weighted by Gasteiger charge is -2.17. The van der Waals surface area contributed by atoms with E-state index < -0.39 is 0 Å². The number of hydrogen-bond acceptors (Lipinski definition) is 2. The molecule has 1 aromatic rings. The van der Waals surface area contributed by atoms with Crippen molar-refractivity contribution in [3.8, 4) is 0 Å². The van der Waals surface area contributed by atoms with Crippen molar-refractivity contribution >= 4 is 5.84 Å². The van der Waals surface area contributed by atoms with Crippen molar-refractivity contribution in [2.45, 2.75) is 53.4 Å². The predicted molar refractivity (Wildman–Crippen MR) is 102 cm³/mol. The van der Waals surface area contributed by atoms with Crippen LogP contribution in [0.4, 0.5) is 0 Å². The van der Waals surface area contributed by atoms with Gasteiger partial charge in [0.25, 0.3) is 0 Å². The van der Waals surface area contributed by atoms with Crippen LogP contribution in [0.25, 0.3) is 0 Å². The molecule has 0 fully saturated rings. The smallest absolute Gasteiger partial charge is 0.101 e. The van der Waals surface area contributed by atoms with E-state index in [0.717, 1.165) is 44.9 Å². The van der Waals surface area contributed by atoms with Gasteiger partial charge in [0.15, 0.2) is 0 Å². The molecule has 0 spiro atoms. The Balaban J connectivity index is 2.51. The normalized spacial score (nSPS) is 13.8. The second-order valence-electron chi connectivity index (χ2n) is 6.75. The van der Waals surface area contributed by atoms with Crippen LogP contribution in [0.1, 0.15) is 58.1 Å². The number of nitrogens with zero attached hydrogens (tertiary/aromatic N) is 2. The third-order valence-corrected chi connectivity index (χ3v) is 4.39. The van der Waals surface area contributed by atoms with Crippen molar-refractivity contribution in [2.24, 2.45) is 16.6 Å². The second kappa shape index (κ2) is 10.4. The monoisotopic (exact) mass is 317 g/mol. The average molecular weight is 318 g/mol. The highest BCUT2D eigenvalue weighted by atomic mass is 15.1. The predicted octanol–water partition coefficient (Wildman–Crippen LogP) is 4.08. The zero-order valence-corrected chi connectivity index (χ0v) is 15.7. The highest BCUT2D eigenvalue weighted by molar-refractivity contribution is 5.87. The maximum absolute atomic E-state index is 6.19. The molecule has 0 saturated carbocycles. The SMILES string of the molecule is CCN(CC)CCCN=C(N)[C@@H](C)c1ccc(CC(C)C)cc1. The summed E-state index contributed by atoms with van der Waals surface area (Å²) < 4.78 is 0. The van der Waals surface area contributed by atoms with Crippen LogP contribution in [0, 0.1) is 5.92 Å². The molecule has 0 aliphatic heterocycles. The summed E-state index contributed by atoms with van der Waals surface area (Å²) in [5.41, 5.74) is 8.83. The summed E-state index contributed by atoms with van der Waals surface area (Å²) in [6.45, 7) is 15.2. The molecular weight excluding hydrogens is 282 g/mol. The molecule has 0 heterocycles. The highest BCUT2D eigenvalue weighted by Gasteiger charge is 2.10. The van der Waals surface area contributed by atoms with E-state index in [-0.39, 0.29) is 5.92 Å². The minimum atomic E-state index is 0.191. The summed E-state index contributed by atoms with van der Waals surface area (Å²) in [7, 11) is 0. The van der Waals surface area contributed by atoms with Crippen LogP contribution in [0.5, 0.6) is 0 Å². The van der Waals surface area contributed by atoms with Crippen LogP contribution in [0.15, 0.2) is 29.3 Å². The number of amidine groups is 1. The fourth-order valence-corrected chi connectivity index (χ4v) is 2.76. The van der Waals surface area contributed by atoms with Crippen LogP contribution in [-0.4, -0.2) is 36.9 Å². The molecule has 0 radical (unpaired) electrons. The molecule has 23 heavy (non-hydrogen) atoms. The van der Waals surface area contributed by atoms with Gasteiger partial charge in [-0.05, 0) is 49.5 Å². The molecule has 2 N–H and O–H groups in total. The first-order valence-electron chi connectivity index (χ1n) is 9.08. The Morgan fingerprint density at radius 1 is 1.09 bits per heavy atom. The zero-order valence-electron chi connectivity index (χ0n) is 15.7. The summed E-state index contributed by atoms with van der Waals surface area (Å²) >= 11 is 0. The van der Waals surface area contributed by atoms with E-state index in [4.69, 9.17) is 5.73 Å². The summed E-state index contributed by atoms with van der Waals surface area (Å²) in [5, 5.41) is 0. The lowest BCUT2D eigenvalue weighted by Crippen LogP contribution is -2.25. The van der Waals surface area contributed by atoms with E-state index in [1.165, 1.54) is 11.1 Å². The minimum absolute atomic E-state index is 0.191. The Kier molecular flexibility index (Phi) is 8.93. The van der Waals surface area contributed by atoms with E-state index >= 15 is 0 Å². The lowest BCUT2D eigenvalue weighted by molar-refractivity contribution is 0.302. The van der Waals surface area contributed by atoms with E-state index in [9.17, 15) is 0 Å². The third kappa shape index (κ3) is 7.17. The largest absolute Gasteiger partial charge is 0.387 e. The highest BCUT2D eigenvalue weighted by Crippen LogP contribution is 2.17. The second-order valence-corrected chi connectivity index (χ2v) is 6.75. The Morgan fingerprint density at radius 3 is 2.22 bits per heavy atom. The molecule has 130 valence electrons. The summed E-state index contributed by atoms with van der Waals surface area (Å²) in [6.07, 6.45) is 2.20. The van der Waals surface area contributed by atoms with E-state index in [1.54, 1.807) is 0 Å². The van der Waals surface area contributed by atoms with Crippen molar-refractivity contribution in [3.05, 3.63) is 35.4 Å². The first-order chi connectivity index (χ1) is 11.0. The average Bonchev–Trinajstić information content (AvgIpc) is 2.54. The van der Waals surface area contributed by atoms with Gasteiger partial charge >= 0.3 is 0 Å². The molecular formula is C20H35N3. The van der Waals surface area contributed by atoms with Crippen molar-refractivity contribution in [1.29, 1.82) is 0 Å². The Morgan fingerprint density at radius 2 is 1.70 bits per heavy atom. The van der Waals surface area contributed by atoms with Gasteiger partial charge in [-0.15, -0.1) is 0 Å². The zero-order chi connectivity index (χ0) is 17.2. The number of benzene rings is 1. The van der Waals surface area contributed by atoms with E-state index in [0.29, 0.717) is 5.92 Å². The van der Waals surface area contributed by atoms with Crippen LogP contribution >= 0.6 is 0 Å². The Bertz CT molecular complexity index is 458. The molecule has 1 atom stereocenters. The quantitative estimate of drug-likeness (QED) is 0.401. The van der Waals surface area contributed by atoms with E-state index in [2.05, 4.69) is 68.8 Å². The molecule has 0 amide bonds. The van der Waals surface area contributed by atoms with Gasteiger partial charge in [0.05, 0.1) is 0 Å². The van der Waals surface area contributed by atoms with Gasteiger partial charge in [0.1, 0.15) is 5.84 Å². The molecule has 0 aromatic heterocycles. The molecule has 1 aromatic carbocycles. The van der Waals surface area contributed by atoms with Gasteiger partial charge < -0.3 is 10.6 Å². The molecule has 3 nitrogen and oxygen atoms in total. The minimum Gasteiger partial charge on any atom is -0.387 e. The van der Waals surface area contributed by atoms with Gasteiger partial charge in [0, 0.05) is 12.5 Å². The van der Waals surface area contributed by atoms with Gasteiger partial charge in [-0.2, -0.15) is 0 Å². The van der Waals surface area contributed by atoms with Gasteiger partial charge in [-0.25, -0.2) is 0 Å². The van der Waals surface area contributed by atoms with Crippen LogP contribution < -0.4 is 5.73 Å². The van der Waals surface area contributed by atoms with Gasteiger partial charge in [0.2, 0.25) is 0 Å². The lowest BCUT2D eigenvalue weighted by atomic mass is 9.96. The molecule has 1 rings (SSSR count). The molecule has 0 bridgehead atoms. The number of aliphatic imine (C=N–C) groups is 1. The standard InChI is InChI=1S/C20H35N3/c1-6-23(7-2)14-8-13-22-20(21)17(5)19-11-9-18(10-12-19)15-16(3)4/h9-12,16-17H,6-8,13-15H2,1-5H3,(H2,21,22)/t17-/m0/s1. The summed E-state index contributed by atoms with van der Waals surface area (Å²) in [5.74, 6) is 1.63. The number of nitrogens with two attached hydrogens (primary N) is 1. The molecule has 0 aliphatic carbocycles. The van der Waals surface area contributed by atoms with Gasteiger partial charge in [-0.1, -0.05) is 58.9 Å². The summed E-state index contributed by atoms with van der Waals surface area (Å²) in [6, 6.07) is 8.83. The number of rotatable bonds is 10. The fraction of sp³-hybridized carbons (Fsp3) is 0.650. The van der Waals surface area contributed by atoms with Crippen LogP contribution in [0.2, 0.25) is 0 Å². The Hall–Kier alpha value is -1.35. The molecule has 3 heteroatoms. The van der Waals surface area contributed by atoms with Crippen molar-refractivity contribution in [2.75, 3.05) is 26.2 Å². The molecule has 0 saturated heterocycles. The van der Waals surface area contributed by atoms with Crippen molar-refractivity contribution < 1.29 is 0 Å². The maximum Gasteiger partial charge on any atom is 0.101 e. The molecule has 0 aliphatic rings. The molecule has 0 unspecified atom stereocenters. The maximum atomic E-state index is 6.19. The number of hydrogen-bond donors (Lipinski definition) is 1. The van der Waals surface area contributed by atoms with Gasteiger partial charge in [-0.3, -0.25) is 4.99 Å². The first kappa shape index (κ1) is 19.7. The fourth-order valence-electron chi connectivity index (χ4n) is 2.76. The third-order valence-electron chi connectivity index (χ3n) is 4.39. The topological polar surface area (TPSA) is 41.6 Å². The van der Waals surface area contributed by atoms with Crippen molar-refractivity contribution in [3.63, 3.8) is 0 Å². The van der Waals surface area contributed by atoms with Crippen LogP contribution in [-0.2, 0) is 6.42 Å². The first-order valence-corrected chi connectivity index (χ1v) is 9.08. The van der Waals surface area contributed by atoms with Crippen LogP contribution in [0.3, 0.4) is 0 Å². The van der Waals surface area contributed by atoms with E-state index in [1.807, 2.05) is 0 Å².